The molecule has 1 unspecified atom stereocenters. The van der Waals surface area contributed by atoms with E-state index in [0.717, 1.165) is 22.7 Å². The van der Waals surface area contributed by atoms with Crippen LogP contribution in [0.25, 0.3) is 0 Å². The van der Waals surface area contributed by atoms with Gasteiger partial charge in [-0.1, -0.05) is 30.3 Å². The van der Waals surface area contributed by atoms with E-state index < -0.39 is 22.0 Å². The standard InChI is InChI=1S/C26H30N4O6S/c1-34-15-5-6-16-35-21-9-11-22(12-10-21)37(32,33)30-18-24-23(27-13-14-28-24)17-25(30)26(31)29-36-19-20-7-3-2-4-8-20/h2-4,7-14,25H,5-6,15-19H2,1H3,(H,29,31). The lowest BCUT2D eigenvalue weighted by atomic mass is 10.0. The number of ether oxygens (including phenoxy) is 2. The van der Waals surface area contributed by atoms with Crippen molar-refractivity contribution in [2.24, 2.45) is 0 Å². The first kappa shape index (κ1) is 26.7. The fourth-order valence-corrected chi connectivity index (χ4v) is 5.48. The zero-order valence-corrected chi connectivity index (χ0v) is 21.4. The molecule has 0 aliphatic carbocycles. The minimum Gasteiger partial charge on any atom is -0.494 e. The molecule has 0 saturated carbocycles. The Morgan fingerprint density at radius 2 is 1.70 bits per heavy atom. The van der Waals surface area contributed by atoms with Crippen LogP contribution in [0, 0.1) is 0 Å². The van der Waals surface area contributed by atoms with E-state index in [1.165, 1.54) is 24.5 Å². The van der Waals surface area contributed by atoms with E-state index in [0.29, 0.717) is 30.4 Å². The van der Waals surface area contributed by atoms with Gasteiger partial charge in [0.25, 0.3) is 5.91 Å². The average Bonchev–Trinajstić information content (AvgIpc) is 2.93. The molecule has 1 aliphatic heterocycles. The smallest absolute Gasteiger partial charge is 0.262 e. The minimum absolute atomic E-state index is 0.0505. The van der Waals surface area contributed by atoms with Crippen molar-refractivity contribution < 1.29 is 27.5 Å². The number of methoxy groups -OCH3 is 1. The van der Waals surface area contributed by atoms with Crippen molar-refractivity contribution in [3.63, 3.8) is 0 Å². The number of hydroxylamine groups is 1. The fraction of sp³-hybridized carbons (Fsp3) is 0.346. The Morgan fingerprint density at radius 1 is 1.00 bits per heavy atom. The molecule has 196 valence electrons. The molecule has 1 aromatic heterocycles. The quantitative estimate of drug-likeness (QED) is 0.283. The van der Waals surface area contributed by atoms with E-state index in [-0.39, 0.29) is 24.5 Å². The Kier molecular flexibility index (Phi) is 9.18. The number of fused-ring (bicyclic) bond motifs is 1. The number of aromatic nitrogens is 2. The van der Waals surface area contributed by atoms with E-state index >= 15 is 0 Å². The zero-order chi connectivity index (χ0) is 26.1. The van der Waals surface area contributed by atoms with Crippen LogP contribution in [0.3, 0.4) is 0 Å². The van der Waals surface area contributed by atoms with Crippen LogP contribution in [-0.4, -0.2) is 55.0 Å². The van der Waals surface area contributed by atoms with E-state index in [1.807, 2.05) is 30.3 Å². The number of nitrogens with one attached hydrogen (secondary N) is 1. The Bertz CT molecular complexity index is 1270. The van der Waals surface area contributed by atoms with Crippen LogP contribution in [0.1, 0.15) is 29.8 Å². The Labute approximate surface area is 216 Å². The predicted octanol–water partition coefficient (Wildman–Crippen LogP) is 2.65. The first-order chi connectivity index (χ1) is 18.0. The highest BCUT2D eigenvalue weighted by Crippen LogP contribution is 2.28. The van der Waals surface area contributed by atoms with Gasteiger partial charge in [-0.3, -0.25) is 19.6 Å². The van der Waals surface area contributed by atoms with Gasteiger partial charge in [0, 0.05) is 32.5 Å². The van der Waals surface area contributed by atoms with Gasteiger partial charge in [-0.2, -0.15) is 4.31 Å². The highest BCUT2D eigenvalue weighted by molar-refractivity contribution is 7.89. The summed E-state index contributed by atoms with van der Waals surface area (Å²) in [5, 5.41) is 0. The first-order valence-electron chi connectivity index (χ1n) is 12.0. The highest BCUT2D eigenvalue weighted by Gasteiger charge is 2.41. The number of hydrogen-bond donors (Lipinski definition) is 1. The summed E-state index contributed by atoms with van der Waals surface area (Å²) in [6, 6.07) is 14.5. The molecule has 0 bridgehead atoms. The lowest BCUT2D eigenvalue weighted by Crippen LogP contribution is -2.52. The molecule has 37 heavy (non-hydrogen) atoms. The second kappa shape index (κ2) is 12.7. The topological polar surface area (TPSA) is 120 Å². The lowest BCUT2D eigenvalue weighted by Gasteiger charge is -2.33. The predicted molar refractivity (Wildman–Crippen MR) is 135 cm³/mol. The first-order valence-corrected chi connectivity index (χ1v) is 13.4. The Morgan fingerprint density at radius 3 is 2.43 bits per heavy atom. The molecule has 1 N–H and O–H groups in total. The number of carbonyl (C=O) groups is 1. The third-order valence-electron chi connectivity index (χ3n) is 5.90. The van der Waals surface area contributed by atoms with E-state index in [2.05, 4.69) is 15.4 Å². The number of nitrogens with zero attached hydrogens (tertiary/aromatic N) is 3. The summed E-state index contributed by atoms with van der Waals surface area (Å²) in [6.45, 7) is 1.23. The van der Waals surface area contributed by atoms with Crippen LogP contribution < -0.4 is 10.2 Å². The average molecular weight is 527 g/mol. The van der Waals surface area contributed by atoms with E-state index in [9.17, 15) is 13.2 Å². The number of hydrogen-bond acceptors (Lipinski definition) is 8. The van der Waals surface area contributed by atoms with Crippen LogP contribution in [-0.2, 0) is 44.0 Å². The lowest BCUT2D eigenvalue weighted by molar-refractivity contribution is -0.139. The van der Waals surface area contributed by atoms with Gasteiger partial charge >= 0.3 is 0 Å². The molecule has 2 heterocycles. The summed E-state index contributed by atoms with van der Waals surface area (Å²) >= 11 is 0. The number of unbranched alkanes of at least 4 members (excludes halogenated alkanes) is 1. The van der Waals surface area contributed by atoms with Crippen molar-refractivity contribution >= 4 is 15.9 Å². The van der Waals surface area contributed by atoms with Crippen LogP contribution in [0.15, 0.2) is 71.9 Å². The molecule has 2 aromatic carbocycles. The minimum atomic E-state index is -4.05. The van der Waals surface area contributed by atoms with Crippen LogP contribution in [0.2, 0.25) is 0 Å². The fourth-order valence-electron chi connectivity index (χ4n) is 3.93. The van der Waals surface area contributed by atoms with Crippen molar-refractivity contribution in [2.75, 3.05) is 20.3 Å². The summed E-state index contributed by atoms with van der Waals surface area (Å²) in [5.41, 5.74) is 4.37. The van der Waals surface area contributed by atoms with E-state index in [1.54, 1.807) is 19.2 Å². The number of rotatable bonds is 12. The molecule has 1 atom stereocenters. The second-order valence-electron chi connectivity index (χ2n) is 8.48. The van der Waals surface area contributed by atoms with Crippen molar-refractivity contribution in [2.45, 2.75) is 43.4 Å². The van der Waals surface area contributed by atoms with Gasteiger partial charge in [-0.25, -0.2) is 13.9 Å². The van der Waals surface area contributed by atoms with Crippen LogP contribution in [0.4, 0.5) is 0 Å². The van der Waals surface area contributed by atoms with Crippen LogP contribution in [0.5, 0.6) is 5.75 Å². The molecule has 1 aliphatic rings. The molecule has 0 radical (unpaired) electrons. The third kappa shape index (κ3) is 6.89. The van der Waals surface area contributed by atoms with Gasteiger partial charge < -0.3 is 9.47 Å². The van der Waals surface area contributed by atoms with Gasteiger partial charge in [0.15, 0.2) is 0 Å². The number of carbonyl (C=O) groups excluding carboxylic acids is 1. The Hall–Kier alpha value is -3.38. The summed E-state index contributed by atoms with van der Waals surface area (Å²) in [4.78, 5) is 27.1. The van der Waals surface area contributed by atoms with Gasteiger partial charge in [0.05, 0.1) is 36.0 Å². The third-order valence-corrected chi connectivity index (χ3v) is 7.77. The van der Waals surface area contributed by atoms with Gasteiger partial charge in [-0.05, 0) is 42.7 Å². The number of benzene rings is 2. The molecule has 10 nitrogen and oxygen atoms in total. The van der Waals surface area contributed by atoms with Crippen molar-refractivity contribution in [1.29, 1.82) is 0 Å². The largest absolute Gasteiger partial charge is 0.494 e. The second-order valence-corrected chi connectivity index (χ2v) is 10.4. The normalized spacial score (nSPS) is 15.6. The molecule has 0 spiro atoms. The molecule has 0 saturated heterocycles. The molecule has 1 amide bonds. The maximum atomic E-state index is 13.7. The maximum absolute atomic E-state index is 13.7. The van der Waals surface area contributed by atoms with E-state index in [4.69, 9.17) is 14.3 Å². The molecular weight excluding hydrogens is 496 g/mol. The molecule has 4 rings (SSSR count). The summed E-state index contributed by atoms with van der Waals surface area (Å²) in [6.07, 6.45) is 4.81. The SMILES string of the molecule is COCCCCOc1ccc(S(=O)(=O)N2Cc3nccnc3CC2C(=O)NOCc2ccccc2)cc1. The Balaban J connectivity index is 1.48. The van der Waals surface area contributed by atoms with Crippen molar-refractivity contribution in [3.8, 4) is 5.75 Å². The highest BCUT2D eigenvalue weighted by atomic mass is 32.2. The van der Waals surface area contributed by atoms with Gasteiger partial charge in [0.1, 0.15) is 11.8 Å². The zero-order valence-electron chi connectivity index (χ0n) is 20.6. The number of amides is 1. The monoisotopic (exact) mass is 526 g/mol. The summed E-state index contributed by atoms with van der Waals surface area (Å²) in [7, 11) is -2.40. The summed E-state index contributed by atoms with van der Waals surface area (Å²) in [5.74, 6) is -0.0124. The van der Waals surface area contributed by atoms with Crippen molar-refractivity contribution in [1.82, 2.24) is 19.8 Å². The van der Waals surface area contributed by atoms with Gasteiger partial charge in [-0.15, -0.1) is 0 Å². The maximum Gasteiger partial charge on any atom is 0.262 e. The van der Waals surface area contributed by atoms with Gasteiger partial charge in [0.2, 0.25) is 10.0 Å². The molecule has 3 aromatic rings. The molecular formula is C26H30N4O6S. The number of sulfonamides is 1. The molecule has 0 fully saturated rings. The molecule has 11 heteroatoms. The van der Waals surface area contributed by atoms with Crippen molar-refractivity contribution in [3.05, 3.63) is 83.9 Å². The summed E-state index contributed by atoms with van der Waals surface area (Å²) < 4.78 is 39.2. The van der Waals surface area contributed by atoms with Crippen LogP contribution >= 0.6 is 0 Å².